The molecule has 0 amide bonds. The van der Waals surface area contributed by atoms with E-state index in [2.05, 4.69) is 13.8 Å². The quantitative estimate of drug-likeness (QED) is 0.0954. The van der Waals surface area contributed by atoms with Crippen molar-refractivity contribution in [3.63, 3.8) is 0 Å². The molecule has 0 nitrogen and oxygen atoms in total. The van der Waals surface area contributed by atoms with Gasteiger partial charge in [-0.1, -0.05) is 102 Å². The van der Waals surface area contributed by atoms with Crippen LogP contribution in [0.3, 0.4) is 0 Å². The standard InChI is InChI=1S/C35H38F6S2/c1-3-5-7-9-11-21-27-29(23-17-13-15-19-25(23)42-27)31-32(34(38,39)35(40,41)33(31,36)37)30-24-18-14-16-20-26(24)43-28(30)22-12-10-8-6-4-2/h13-20H,3-12,21-22H2,1-2H3. The fourth-order valence-corrected chi connectivity index (χ4v) is 8.77. The van der Waals surface area contributed by atoms with E-state index < -0.39 is 28.9 Å². The van der Waals surface area contributed by atoms with Crippen LogP contribution in [-0.4, -0.2) is 17.8 Å². The molecule has 0 spiro atoms. The number of allylic oxidation sites excluding steroid dienone is 2. The second-order valence-electron chi connectivity index (χ2n) is 11.6. The van der Waals surface area contributed by atoms with E-state index in [0.29, 0.717) is 55.6 Å². The van der Waals surface area contributed by atoms with Crippen LogP contribution < -0.4 is 0 Å². The third kappa shape index (κ3) is 5.67. The van der Waals surface area contributed by atoms with Crippen molar-refractivity contribution in [1.82, 2.24) is 0 Å². The van der Waals surface area contributed by atoms with Gasteiger partial charge in [-0.25, -0.2) is 0 Å². The first-order valence-electron chi connectivity index (χ1n) is 15.5. The summed E-state index contributed by atoms with van der Waals surface area (Å²) in [6, 6.07) is 13.5. The molecule has 1 aliphatic carbocycles. The Bertz CT molecular complexity index is 1480. The lowest BCUT2D eigenvalue weighted by Gasteiger charge is -2.26. The molecule has 0 radical (unpaired) electrons. The maximum atomic E-state index is 16.1. The molecule has 8 heteroatoms. The minimum atomic E-state index is -5.58. The van der Waals surface area contributed by atoms with E-state index in [-0.39, 0.29) is 11.1 Å². The average molecular weight is 637 g/mol. The Morgan fingerprint density at radius 1 is 0.512 bits per heavy atom. The van der Waals surface area contributed by atoms with Gasteiger partial charge in [-0.05, 0) is 37.8 Å². The van der Waals surface area contributed by atoms with Gasteiger partial charge >= 0.3 is 17.8 Å². The molecule has 0 fully saturated rings. The van der Waals surface area contributed by atoms with E-state index in [0.717, 1.165) is 51.4 Å². The summed E-state index contributed by atoms with van der Waals surface area (Å²) in [6.45, 7) is 4.18. The average Bonchev–Trinajstić information content (AvgIpc) is 3.55. The predicted molar refractivity (Wildman–Crippen MR) is 170 cm³/mol. The fourth-order valence-electron chi connectivity index (χ4n) is 6.26. The molecular formula is C35H38F6S2. The SMILES string of the molecule is CCCCCCCc1sc2ccccc2c1C1=C(c2c(CCCCCCC)sc3ccccc23)C(F)(F)C(F)(F)C1(F)F. The summed E-state index contributed by atoms with van der Waals surface area (Å²) in [5, 5.41) is 0.662. The molecule has 0 bridgehead atoms. The summed E-state index contributed by atoms with van der Waals surface area (Å²) in [5.74, 6) is -15.7. The molecule has 232 valence electrons. The van der Waals surface area contributed by atoms with E-state index >= 15 is 26.3 Å². The number of hydrogen-bond acceptors (Lipinski definition) is 2. The van der Waals surface area contributed by atoms with Crippen LogP contribution in [0.1, 0.15) is 98.9 Å². The third-order valence-electron chi connectivity index (χ3n) is 8.52. The van der Waals surface area contributed by atoms with E-state index in [4.69, 9.17) is 0 Å². The number of hydrogen-bond donors (Lipinski definition) is 0. The highest BCUT2D eigenvalue weighted by Gasteiger charge is 2.80. The first kappa shape index (κ1) is 32.1. The van der Waals surface area contributed by atoms with Crippen molar-refractivity contribution in [2.75, 3.05) is 0 Å². The fraction of sp³-hybridized carbons (Fsp3) is 0.486. The van der Waals surface area contributed by atoms with Crippen molar-refractivity contribution in [3.8, 4) is 0 Å². The van der Waals surface area contributed by atoms with Crippen LogP contribution in [0.15, 0.2) is 48.5 Å². The van der Waals surface area contributed by atoms with Crippen molar-refractivity contribution >= 4 is 54.0 Å². The highest BCUT2D eigenvalue weighted by Crippen LogP contribution is 2.67. The molecule has 0 saturated carbocycles. The number of alkyl halides is 6. The summed E-state index contributed by atoms with van der Waals surface area (Å²) in [7, 11) is 0. The Morgan fingerprint density at radius 2 is 0.884 bits per heavy atom. The number of unbranched alkanes of at least 4 members (excludes halogenated alkanes) is 8. The second kappa shape index (κ2) is 13.0. The van der Waals surface area contributed by atoms with Crippen molar-refractivity contribution in [2.45, 2.75) is 109 Å². The zero-order chi connectivity index (χ0) is 30.8. The van der Waals surface area contributed by atoms with Gasteiger partial charge in [0.05, 0.1) is 0 Å². The Morgan fingerprint density at radius 3 is 1.28 bits per heavy atom. The molecule has 4 aromatic rings. The van der Waals surface area contributed by atoms with Crippen molar-refractivity contribution < 1.29 is 26.3 Å². The normalized spacial score (nSPS) is 17.5. The maximum absolute atomic E-state index is 16.1. The van der Waals surface area contributed by atoms with Gasteiger partial charge in [-0.2, -0.15) is 26.3 Å². The monoisotopic (exact) mass is 636 g/mol. The van der Waals surface area contributed by atoms with Crippen LogP contribution >= 0.6 is 22.7 Å². The zero-order valence-electron chi connectivity index (χ0n) is 24.7. The number of fused-ring (bicyclic) bond motifs is 2. The van der Waals surface area contributed by atoms with E-state index in [1.807, 2.05) is 0 Å². The van der Waals surface area contributed by atoms with E-state index in [9.17, 15) is 0 Å². The van der Waals surface area contributed by atoms with Gasteiger partial charge in [0.2, 0.25) is 0 Å². The lowest BCUT2D eigenvalue weighted by atomic mass is 9.90. The zero-order valence-corrected chi connectivity index (χ0v) is 26.3. The van der Waals surface area contributed by atoms with E-state index in [1.54, 1.807) is 48.5 Å². The highest BCUT2D eigenvalue weighted by molar-refractivity contribution is 7.19. The molecule has 0 N–H and O–H groups in total. The minimum absolute atomic E-state index is 0.128. The Labute approximate surface area is 257 Å². The third-order valence-corrected chi connectivity index (χ3v) is 11.0. The first-order valence-corrected chi connectivity index (χ1v) is 17.1. The number of aryl methyl sites for hydroxylation is 2. The Balaban J connectivity index is 1.76. The smallest absolute Gasteiger partial charge is 0.194 e. The molecule has 43 heavy (non-hydrogen) atoms. The maximum Gasteiger partial charge on any atom is 0.380 e. The molecule has 1 aliphatic rings. The topological polar surface area (TPSA) is 0 Å². The van der Waals surface area contributed by atoms with Gasteiger partial charge in [0.15, 0.2) is 0 Å². The van der Waals surface area contributed by atoms with Gasteiger partial charge < -0.3 is 0 Å². The molecule has 2 aromatic carbocycles. The van der Waals surface area contributed by atoms with Gasteiger partial charge in [0.25, 0.3) is 0 Å². The molecule has 0 aliphatic heterocycles. The van der Waals surface area contributed by atoms with Crippen molar-refractivity contribution in [1.29, 1.82) is 0 Å². The molecule has 0 saturated heterocycles. The van der Waals surface area contributed by atoms with Crippen molar-refractivity contribution in [2.24, 2.45) is 0 Å². The first-order chi connectivity index (χ1) is 20.6. The number of halogens is 6. The lowest BCUT2D eigenvalue weighted by molar-refractivity contribution is -0.254. The Hall–Kier alpha value is -2.32. The summed E-state index contributed by atoms with van der Waals surface area (Å²) in [4.78, 5) is 0.943. The summed E-state index contributed by atoms with van der Waals surface area (Å²) < 4.78 is 96.8. The second-order valence-corrected chi connectivity index (χ2v) is 13.9. The minimum Gasteiger partial charge on any atom is -0.194 e. The number of thiophene rings is 2. The number of rotatable bonds is 14. The van der Waals surface area contributed by atoms with Crippen LogP contribution in [0.5, 0.6) is 0 Å². The largest absolute Gasteiger partial charge is 0.380 e. The molecule has 5 rings (SSSR count). The van der Waals surface area contributed by atoms with Crippen LogP contribution in [0.4, 0.5) is 26.3 Å². The Kier molecular flexibility index (Phi) is 9.67. The van der Waals surface area contributed by atoms with Gasteiger partial charge in [-0.3, -0.25) is 0 Å². The summed E-state index contributed by atoms with van der Waals surface area (Å²) in [5.41, 5.74) is -2.65. The predicted octanol–water partition coefficient (Wildman–Crippen LogP) is 13.0. The lowest BCUT2D eigenvalue weighted by Crippen LogP contribution is -2.49. The molecule has 2 heterocycles. The molecular weight excluding hydrogens is 599 g/mol. The molecule has 0 atom stereocenters. The highest BCUT2D eigenvalue weighted by atomic mass is 32.1. The molecule has 0 unspecified atom stereocenters. The molecule has 2 aromatic heterocycles. The van der Waals surface area contributed by atoms with Crippen molar-refractivity contribution in [3.05, 3.63) is 69.4 Å². The summed E-state index contributed by atoms with van der Waals surface area (Å²) in [6.07, 6.45) is 9.89. The van der Waals surface area contributed by atoms with Gasteiger partial charge in [-0.15, -0.1) is 22.7 Å². The summed E-state index contributed by atoms with van der Waals surface area (Å²) >= 11 is 2.50. The van der Waals surface area contributed by atoms with E-state index in [1.165, 1.54) is 22.7 Å². The van der Waals surface area contributed by atoms with Gasteiger partial charge in [0, 0.05) is 52.2 Å². The van der Waals surface area contributed by atoms with Crippen LogP contribution in [0, 0.1) is 0 Å². The van der Waals surface area contributed by atoms with Crippen LogP contribution in [0.25, 0.3) is 31.3 Å². The van der Waals surface area contributed by atoms with Crippen LogP contribution in [-0.2, 0) is 12.8 Å². The van der Waals surface area contributed by atoms with Gasteiger partial charge in [0.1, 0.15) is 0 Å². The van der Waals surface area contributed by atoms with Crippen LogP contribution in [0.2, 0.25) is 0 Å². The number of benzene rings is 2.